The fraction of sp³-hybridized carbons (Fsp3) is 0.217. The molecule has 1 fully saturated rings. The highest BCUT2D eigenvalue weighted by Crippen LogP contribution is 2.36. The average molecular weight is 472 g/mol. The summed E-state index contributed by atoms with van der Waals surface area (Å²) in [5.74, 6) is -0.244. The summed E-state index contributed by atoms with van der Waals surface area (Å²) in [5, 5.41) is 20.2. The minimum Gasteiger partial charge on any atom is -0.378 e. The van der Waals surface area contributed by atoms with Gasteiger partial charge in [0.15, 0.2) is 5.69 Å². The molecule has 0 unspecified atom stereocenters. The van der Waals surface area contributed by atoms with Gasteiger partial charge >= 0.3 is 0 Å². The Labute approximate surface area is 199 Å². The SMILES string of the molecule is Nc1nonc1-n1nnc(C(=O)NN=C2c3ccccc3-c3ccccc32)c1C[NH+]1CCOCC1. The van der Waals surface area contributed by atoms with Crippen molar-refractivity contribution in [1.29, 1.82) is 0 Å². The van der Waals surface area contributed by atoms with Crippen LogP contribution in [0.4, 0.5) is 5.82 Å². The maximum absolute atomic E-state index is 13.3. The van der Waals surface area contributed by atoms with Gasteiger partial charge in [-0.3, -0.25) is 4.79 Å². The lowest BCUT2D eigenvalue weighted by atomic mass is 10.1. The summed E-state index contributed by atoms with van der Waals surface area (Å²) in [6, 6.07) is 15.9. The molecule has 1 aliphatic carbocycles. The van der Waals surface area contributed by atoms with Crippen molar-refractivity contribution in [3.8, 4) is 16.9 Å². The zero-order valence-electron chi connectivity index (χ0n) is 18.6. The molecule has 0 spiro atoms. The maximum Gasteiger partial charge on any atom is 0.294 e. The van der Waals surface area contributed by atoms with Crippen LogP contribution >= 0.6 is 0 Å². The highest BCUT2D eigenvalue weighted by atomic mass is 16.6. The van der Waals surface area contributed by atoms with Gasteiger partial charge in [-0.25, -0.2) is 10.1 Å². The van der Waals surface area contributed by atoms with Gasteiger partial charge in [-0.05, 0) is 21.4 Å². The Morgan fingerprint density at radius 2 is 1.69 bits per heavy atom. The van der Waals surface area contributed by atoms with Gasteiger partial charge in [0.25, 0.3) is 5.91 Å². The fourth-order valence-corrected chi connectivity index (χ4v) is 4.49. The number of rotatable bonds is 5. The summed E-state index contributed by atoms with van der Waals surface area (Å²) in [6.45, 7) is 3.31. The lowest BCUT2D eigenvalue weighted by Crippen LogP contribution is -3.12. The second-order valence-corrected chi connectivity index (χ2v) is 8.30. The van der Waals surface area contributed by atoms with E-state index in [2.05, 4.69) is 31.2 Å². The summed E-state index contributed by atoms with van der Waals surface area (Å²) >= 11 is 0. The largest absolute Gasteiger partial charge is 0.378 e. The molecule has 1 aliphatic heterocycles. The van der Waals surface area contributed by atoms with Gasteiger partial charge in [-0.2, -0.15) is 9.78 Å². The predicted molar refractivity (Wildman–Crippen MR) is 124 cm³/mol. The smallest absolute Gasteiger partial charge is 0.294 e. The number of nitrogens with zero attached hydrogens (tertiary/aromatic N) is 6. The highest BCUT2D eigenvalue weighted by molar-refractivity contribution is 6.24. The molecular formula is C23H22N9O3+. The first-order valence-corrected chi connectivity index (χ1v) is 11.2. The number of hydrogen-bond donors (Lipinski definition) is 3. The molecule has 2 aromatic carbocycles. The van der Waals surface area contributed by atoms with Crippen LogP contribution in [-0.2, 0) is 11.3 Å². The molecule has 0 atom stereocenters. The molecule has 176 valence electrons. The molecular weight excluding hydrogens is 450 g/mol. The van der Waals surface area contributed by atoms with Gasteiger partial charge in [-0.1, -0.05) is 53.7 Å². The van der Waals surface area contributed by atoms with Gasteiger partial charge < -0.3 is 15.4 Å². The number of benzene rings is 2. The third kappa shape index (κ3) is 3.74. The second kappa shape index (κ2) is 8.74. The standard InChI is InChI=1S/C23H21N9O3/c24-21-22(29-35-28-21)32-18(13-31-9-11-34-12-10-31)20(26-30-32)23(33)27-25-19-16-7-3-1-5-14(16)15-6-2-4-8-17(15)19/h1-8H,9-13H2,(H2,24,28)(H,27,33)/p+1. The summed E-state index contributed by atoms with van der Waals surface area (Å²) < 4.78 is 11.6. The van der Waals surface area contributed by atoms with E-state index in [9.17, 15) is 4.79 Å². The highest BCUT2D eigenvalue weighted by Gasteiger charge is 2.29. The van der Waals surface area contributed by atoms with Crippen molar-refractivity contribution in [1.82, 2.24) is 30.7 Å². The van der Waals surface area contributed by atoms with Gasteiger partial charge in [0.2, 0.25) is 11.6 Å². The molecule has 4 aromatic rings. The van der Waals surface area contributed by atoms with Gasteiger partial charge in [0.05, 0.1) is 18.9 Å². The Kier molecular flexibility index (Phi) is 5.28. The number of nitrogens with two attached hydrogens (primary N) is 1. The van der Waals surface area contributed by atoms with Crippen molar-refractivity contribution in [2.75, 3.05) is 32.0 Å². The number of morpholine rings is 1. The molecule has 3 heterocycles. The Morgan fingerprint density at radius 3 is 2.31 bits per heavy atom. The summed E-state index contributed by atoms with van der Waals surface area (Å²) in [5.41, 5.74) is 14.0. The third-order valence-electron chi connectivity index (χ3n) is 6.22. The van der Waals surface area contributed by atoms with E-state index >= 15 is 0 Å². The van der Waals surface area contributed by atoms with E-state index in [4.69, 9.17) is 15.1 Å². The monoisotopic (exact) mass is 472 g/mol. The van der Waals surface area contributed by atoms with Crippen LogP contribution < -0.4 is 16.1 Å². The molecule has 1 saturated heterocycles. The van der Waals surface area contributed by atoms with E-state index < -0.39 is 5.91 Å². The van der Waals surface area contributed by atoms with Crippen LogP contribution in [0.1, 0.15) is 27.3 Å². The van der Waals surface area contributed by atoms with E-state index in [1.807, 2.05) is 48.5 Å². The minimum absolute atomic E-state index is 0.0551. The number of amides is 1. The van der Waals surface area contributed by atoms with Gasteiger partial charge in [-0.15, -0.1) is 5.10 Å². The predicted octanol–water partition coefficient (Wildman–Crippen LogP) is -0.190. The summed E-state index contributed by atoms with van der Waals surface area (Å²) in [4.78, 5) is 14.5. The van der Waals surface area contributed by atoms with Crippen LogP contribution in [0.3, 0.4) is 0 Å². The molecule has 35 heavy (non-hydrogen) atoms. The number of nitrogen functional groups attached to an aromatic ring is 1. The molecule has 0 bridgehead atoms. The van der Waals surface area contributed by atoms with Crippen LogP contribution in [0.25, 0.3) is 16.9 Å². The number of anilines is 1. The Hall–Kier alpha value is -4.42. The van der Waals surface area contributed by atoms with Crippen LogP contribution in [0.2, 0.25) is 0 Å². The molecule has 0 radical (unpaired) electrons. The first-order chi connectivity index (χ1) is 17.2. The minimum atomic E-state index is -0.483. The maximum atomic E-state index is 13.3. The molecule has 4 N–H and O–H groups in total. The summed E-state index contributed by atoms with van der Waals surface area (Å²) in [6.07, 6.45) is 0. The zero-order valence-corrected chi connectivity index (χ0v) is 18.6. The quantitative estimate of drug-likeness (QED) is 0.298. The normalized spacial score (nSPS) is 15.0. The number of nitrogens with one attached hydrogen (secondary N) is 2. The Balaban J connectivity index is 1.34. The number of hydrazone groups is 1. The molecule has 0 saturated carbocycles. The van der Waals surface area contributed by atoms with E-state index in [0.717, 1.165) is 35.3 Å². The van der Waals surface area contributed by atoms with Crippen molar-refractivity contribution in [2.24, 2.45) is 5.10 Å². The lowest BCUT2D eigenvalue weighted by molar-refractivity contribution is -0.921. The van der Waals surface area contributed by atoms with E-state index in [1.165, 1.54) is 9.58 Å². The molecule has 2 aliphatic rings. The van der Waals surface area contributed by atoms with E-state index in [0.29, 0.717) is 31.2 Å². The lowest BCUT2D eigenvalue weighted by Gasteiger charge is -2.23. The van der Waals surface area contributed by atoms with Crippen molar-refractivity contribution in [3.63, 3.8) is 0 Å². The number of fused-ring (bicyclic) bond motifs is 3. The first-order valence-electron chi connectivity index (χ1n) is 11.2. The average Bonchev–Trinajstić information content (AvgIpc) is 3.59. The molecule has 12 heteroatoms. The number of carbonyl (C=O) groups is 1. The van der Waals surface area contributed by atoms with E-state index in [-0.39, 0.29) is 17.3 Å². The Bertz CT molecular complexity index is 1390. The second-order valence-electron chi connectivity index (χ2n) is 8.30. The molecule has 12 nitrogen and oxygen atoms in total. The molecule has 6 rings (SSSR count). The third-order valence-corrected chi connectivity index (χ3v) is 6.22. The van der Waals surface area contributed by atoms with Gasteiger partial charge in [0.1, 0.15) is 25.3 Å². The van der Waals surface area contributed by atoms with Crippen molar-refractivity contribution >= 4 is 17.4 Å². The van der Waals surface area contributed by atoms with Crippen LogP contribution in [-0.4, -0.2) is 63.2 Å². The van der Waals surface area contributed by atoms with Crippen molar-refractivity contribution < 1.29 is 19.1 Å². The van der Waals surface area contributed by atoms with Crippen molar-refractivity contribution in [3.05, 3.63) is 71.0 Å². The number of ether oxygens (including phenoxy) is 1. The number of hydrogen-bond acceptors (Lipinski definition) is 9. The van der Waals surface area contributed by atoms with Crippen molar-refractivity contribution in [2.45, 2.75) is 6.54 Å². The van der Waals surface area contributed by atoms with E-state index in [1.54, 1.807) is 0 Å². The van der Waals surface area contributed by atoms with Crippen LogP contribution in [0.15, 0.2) is 58.3 Å². The number of carbonyl (C=O) groups excluding carboxylic acids is 1. The topological polar surface area (TPSA) is 151 Å². The fourth-order valence-electron chi connectivity index (χ4n) is 4.49. The van der Waals surface area contributed by atoms with Crippen LogP contribution in [0.5, 0.6) is 0 Å². The van der Waals surface area contributed by atoms with Crippen LogP contribution in [0, 0.1) is 0 Å². The number of aromatic nitrogens is 5. The zero-order chi connectivity index (χ0) is 23.8. The Morgan fingerprint density at radius 1 is 1.03 bits per heavy atom. The first kappa shape index (κ1) is 21.1. The van der Waals surface area contributed by atoms with Gasteiger partial charge in [0, 0.05) is 11.1 Å². The molecule has 1 amide bonds. The number of quaternary nitrogens is 1. The molecule has 2 aromatic heterocycles. The summed E-state index contributed by atoms with van der Waals surface area (Å²) in [7, 11) is 0.